The molecule has 1 unspecified atom stereocenters. The zero-order valence-corrected chi connectivity index (χ0v) is 16.7. The molecule has 0 spiro atoms. The number of nitrogens with zero attached hydrogens (tertiary/aromatic N) is 1. The maximum Gasteiger partial charge on any atom is 0.252 e. The third kappa shape index (κ3) is 4.19. The fourth-order valence-electron chi connectivity index (χ4n) is 3.49. The van der Waals surface area contributed by atoms with Gasteiger partial charge < -0.3 is 15.1 Å². The number of benzene rings is 3. The Hall–Kier alpha value is -3.93. The molecular formula is C25H21N3O3. The molecule has 2 N–H and O–H groups in total. The Bertz CT molecular complexity index is 1230. The lowest BCUT2D eigenvalue weighted by Crippen LogP contribution is -2.37. The van der Waals surface area contributed by atoms with Gasteiger partial charge >= 0.3 is 0 Å². The first-order chi connectivity index (χ1) is 15.2. The zero-order valence-electron chi connectivity index (χ0n) is 16.7. The van der Waals surface area contributed by atoms with Gasteiger partial charge in [-0.05, 0) is 48.7 Å². The Morgan fingerprint density at radius 3 is 2.35 bits per heavy atom. The number of hydrogen-bond donors (Lipinski definition) is 2. The Kier molecular flexibility index (Phi) is 4.96. The summed E-state index contributed by atoms with van der Waals surface area (Å²) in [6.07, 6.45) is 2.21. The maximum absolute atomic E-state index is 13.2. The predicted octanol–water partition coefficient (Wildman–Crippen LogP) is 4.82. The van der Waals surface area contributed by atoms with Crippen LogP contribution in [0.5, 0.6) is 0 Å². The molecule has 31 heavy (non-hydrogen) atoms. The molecule has 0 saturated heterocycles. The van der Waals surface area contributed by atoms with E-state index in [4.69, 9.17) is 4.42 Å². The number of nitrogens with one attached hydrogen (secondary N) is 2. The number of carbonyl (C=O) groups excluding carboxylic acids is 2. The standard InChI is InChI=1S/C25H21N3O3/c29-23(17-9-5-2-6-10-17)28-22(16-7-3-1-4-8-16)24(30)26-19-13-14-21-20(15-19)27-25(31-21)18-11-12-18/h1-10,13-15,18,22H,11-12H2,(H,26,30)(H,28,29). The lowest BCUT2D eigenvalue weighted by atomic mass is 10.1. The summed E-state index contributed by atoms with van der Waals surface area (Å²) in [5, 5.41) is 5.76. The van der Waals surface area contributed by atoms with Gasteiger partial charge in [-0.2, -0.15) is 0 Å². The van der Waals surface area contributed by atoms with Crippen LogP contribution in [0.4, 0.5) is 5.69 Å². The summed E-state index contributed by atoms with van der Waals surface area (Å²) in [6.45, 7) is 0. The molecule has 6 heteroatoms. The van der Waals surface area contributed by atoms with Crippen LogP contribution in [0.25, 0.3) is 11.1 Å². The Labute approximate surface area is 179 Å². The van der Waals surface area contributed by atoms with E-state index in [0.717, 1.165) is 18.7 Å². The van der Waals surface area contributed by atoms with Crippen molar-refractivity contribution in [2.75, 3.05) is 5.32 Å². The van der Waals surface area contributed by atoms with Gasteiger partial charge in [0.2, 0.25) is 0 Å². The summed E-state index contributed by atoms with van der Waals surface area (Å²) in [4.78, 5) is 30.4. The molecule has 1 atom stereocenters. The van der Waals surface area contributed by atoms with Gasteiger partial charge in [0.05, 0.1) is 0 Å². The fourth-order valence-corrected chi connectivity index (χ4v) is 3.49. The fraction of sp³-hybridized carbons (Fsp3) is 0.160. The molecule has 154 valence electrons. The van der Waals surface area contributed by atoms with Crippen LogP contribution in [-0.2, 0) is 4.79 Å². The van der Waals surface area contributed by atoms with E-state index in [1.165, 1.54) is 0 Å². The number of hydrogen-bond acceptors (Lipinski definition) is 4. The van der Waals surface area contributed by atoms with Crippen molar-refractivity contribution in [2.24, 2.45) is 0 Å². The van der Waals surface area contributed by atoms with Crippen molar-refractivity contribution < 1.29 is 14.0 Å². The predicted molar refractivity (Wildman–Crippen MR) is 118 cm³/mol. The van der Waals surface area contributed by atoms with Gasteiger partial charge in [-0.15, -0.1) is 0 Å². The molecule has 1 aliphatic rings. The Balaban J connectivity index is 1.38. The number of fused-ring (bicyclic) bond motifs is 1. The van der Waals surface area contributed by atoms with Gasteiger partial charge in [-0.3, -0.25) is 9.59 Å². The topological polar surface area (TPSA) is 84.2 Å². The summed E-state index contributed by atoms with van der Waals surface area (Å²) in [5.41, 5.74) is 3.21. The molecule has 1 aliphatic carbocycles. The average molecular weight is 411 g/mol. The van der Waals surface area contributed by atoms with Crippen LogP contribution in [0.2, 0.25) is 0 Å². The lowest BCUT2D eigenvalue weighted by Gasteiger charge is -2.19. The molecule has 5 rings (SSSR count). The second-order valence-corrected chi connectivity index (χ2v) is 7.68. The number of amides is 2. The van der Waals surface area contributed by atoms with Crippen molar-refractivity contribution in [3.63, 3.8) is 0 Å². The monoisotopic (exact) mass is 411 g/mol. The highest BCUT2D eigenvalue weighted by molar-refractivity contribution is 6.02. The first-order valence-electron chi connectivity index (χ1n) is 10.3. The molecule has 0 aliphatic heterocycles. The Morgan fingerprint density at radius 2 is 1.65 bits per heavy atom. The molecule has 0 bridgehead atoms. The summed E-state index contributed by atoms with van der Waals surface area (Å²) in [5.74, 6) is 0.531. The van der Waals surface area contributed by atoms with E-state index in [1.54, 1.807) is 36.4 Å². The van der Waals surface area contributed by atoms with Crippen LogP contribution in [0, 0.1) is 0 Å². The van der Waals surface area contributed by atoms with Crippen LogP contribution in [0.1, 0.15) is 46.6 Å². The van der Waals surface area contributed by atoms with Crippen LogP contribution in [-0.4, -0.2) is 16.8 Å². The molecular weight excluding hydrogens is 390 g/mol. The van der Waals surface area contributed by atoms with Crippen LogP contribution in [0.3, 0.4) is 0 Å². The van der Waals surface area contributed by atoms with Gasteiger partial charge in [-0.1, -0.05) is 48.5 Å². The minimum atomic E-state index is -0.844. The number of oxazole rings is 1. The normalized spacial score (nSPS) is 14.2. The van der Waals surface area contributed by atoms with E-state index in [2.05, 4.69) is 15.6 Å². The molecule has 1 saturated carbocycles. The minimum Gasteiger partial charge on any atom is -0.440 e. The third-order valence-electron chi connectivity index (χ3n) is 5.30. The van der Waals surface area contributed by atoms with Gasteiger partial charge in [-0.25, -0.2) is 4.98 Å². The molecule has 1 heterocycles. The van der Waals surface area contributed by atoms with Gasteiger partial charge in [0, 0.05) is 17.2 Å². The summed E-state index contributed by atoms with van der Waals surface area (Å²) in [7, 11) is 0. The molecule has 6 nitrogen and oxygen atoms in total. The highest BCUT2D eigenvalue weighted by Crippen LogP contribution is 2.40. The molecule has 4 aromatic rings. The van der Waals surface area contributed by atoms with Crippen molar-refractivity contribution in [2.45, 2.75) is 24.8 Å². The van der Waals surface area contributed by atoms with E-state index in [9.17, 15) is 9.59 Å². The zero-order chi connectivity index (χ0) is 21.2. The quantitative estimate of drug-likeness (QED) is 0.477. The molecule has 1 fully saturated rings. The molecule has 0 radical (unpaired) electrons. The van der Waals surface area contributed by atoms with Gasteiger partial charge in [0.25, 0.3) is 11.8 Å². The highest BCUT2D eigenvalue weighted by Gasteiger charge is 2.29. The second-order valence-electron chi connectivity index (χ2n) is 7.68. The maximum atomic E-state index is 13.2. The minimum absolute atomic E-state index is 0.314. The molecule has 2 amide bonds. The van der Waals surface area contributed by atoms with E-state index in [-0.39, 0.29) is 11.8 Å². The van der Waals surface area contributed by atoms with Crippen molar-refractivity contribution in [1.29, 1.82) is 0 Å². The smallest absolute Gasteiger partial charge is 0.252 e. The third-order valence-corrected chi connectivity index (χ3v) is 5.30. The van der Waals surface area contributed by atoms with Gasteiger partial charge in [0.1, 0.15) is 11.6 Å². The summed E-state index contributed by atoms with van der Waals surface area (Å²) >= 11 is 0. The van der Waals surface area contributed by atoms with Crippen molar-refractivity contribution in [3.05, 3.63) is 95.9 Å². The van der Waals surface area contributed by atoms with E-state index in [1.807, 2.05) is 42.5 Å². The average Bonchev–Trinajstić information content (AvgIpc) is 3.57. The largest absolute Gasteiger partial charge is 0.440 e. The number of rotatable bonds is 6. The number of carbonyl (C=O) groups is 2. The van der Waals surface area contributed by atoms with Crippen molar-refractivity contribution in [1.82, 2.24) is 10.3 Å². The number of aromatic nitrogens is 1. The highest BCUT2D eigenvalue weighted by atomic mass is 16.3. The summed E-state index contributed by atoms with van der Waals surface area (Å²) < 4.78 is 5.79. The summed E-state index contributed by atoms with van der Waals surface area (Å²) in [6, 6.07) is 22.6. The van der Waals surface area contributed by atoms with Crippen LogP contribution < -0.4 is 10.6 Å². The second kappa shape index (κ2) is 8.07. The van der Waals surface area contributed by atoms with Crippen LogP contribution >= 0.6 is 0 Å². The van der Waals surface area contributed by atoms with Crippen LogP contribution in [0.15, 0.2) is 83.3 Å². The lowest BCUT2D eigenvalue weighted by molar-refractivity contribution is -0.118. The Morgan fingerprint density at radius 1 is 0.935 bits per heavy atom. The number of anilines is 1. The van der Waals surface area contributed by atoms with E-state index >= 15 is 0 Å². The molecule has 1 aromatic heterocycles. The molecule has 3 aromatic carbocycles. The van der Waals surface area contributed by atoms with E-state index < -0.39 is 6.04 Å². The van der Waals surface area contributed by atoms with Crippen molar-refractivity contribution >= 4 is 28.6 Å². The van der Waals surface area contributed by atoms with Crippen molar-refractivity contribution in [3.8, 4) is 0 Å². The first-order valence-corrected chi connectivity index (χ1v) is 10.3. The van der Waals surface area contributed by atoms with E-state index in [0.29, 0.717) is 33.8 Å². The van der Waals surface area contributed by atoms with Gasteiger partial charge in [0.15, 0.2) is 11.5 Å². The first kappa shape index (κ1) is 19.1. The SMILES string of the molecule is O=C(NC(C(=O)Nc1ccc2oc(C3CC3)nc2c1)c1ccccc1)c1ccccc1.